The van der Waals surface area contributed by atoms with Crippen LogP contribution in [0.15, 0.2) is 29.2 Å². The van der Waals surface area contributed by atoms with Crippen LogP contribution >= 0.6 is 11.8 Å². The summed E-state index contributed by atoms with van der Waals surface area (Å²) in [5.41, 5.74) is 0.273. The van der Waals surface area contributed by atoms with E-state index in [0.717, 1.165) is 25.7 Å². The summed E-state index contributed by atoms with van der Waals surface area (Å²) in [4.78, 5) is 50.7. The van der Waals surface area contributed by atoms with Crippen LogP contribution in [0, 0.1) is 0 Å². The van der Waals surface area contributed by atoms with Crippen molar-refractivity contribution in [2.24, 2.45) is 0 Å². The Morgan fingerprint density at radius 3 is 2.50 bits per heavy atom. The van der Waals surface area contributed by atoms with E-state index < -0.39 is 24.0 Å². The van der Waals surface area contributed by atoms with E-state index in [9.17, 15) is 19.2 Å². The first-order valence-electron chi connectivity index (χ1n) is 10.0. The van der Waals surface area contributed by atoms with Crippen molar-refractivity contribution in [3.63, 3.8) is 0 Å². The van der Waals surface area contributed by atoms with Crippen molar-refractivity contribution in [1.29, 1.82) is 0 Å². The predicted molar refractivity (Wildman–Crippen MR) is 114 cm³/mol. The monoisotopic (exact) mass is 435 g/mol. The first-order chi connectivity index (χ1) is 14.3. The second-order valence-electron chi connectivity index (χ2n) is 7.20. The van der Waals surface area contributed by atoms with Crippen LogP contribution in [0.25, 0.3) is 0 Å². The molecule has 0 bridgehead atoms. The highest BCUT2D eigenvalue weighted by Crippen LogP contribution is 2.26. The van der Waals surface area contributed by atoms with Gasteiger partial charge in [0.2, 0.25) is 5.91 Å². The fraction of sp³-hybridized carbons (Fsp3) is 0.524. The molecule has 0 radical (unpaired) electrons. The summed E-state index contributed by atoms with van der Waals surface area (Å²) in [6, 6.07) is 6.39. The van der Waals surface area contributed by atoms with E-state index in [0.29, 0.717) is 4.90 Å². The fourth-order valence-corrected chi connectivity index (χ4v) is 4.19. The highest BCUT2D eigenvalue weighted by Gasteiger charge is 2.24. The lowest BCUT2D eigenvalue weighted by atomic mass is 9.94. The number of hydrogen-bond acceptors (Lipinski definition) is 6. The van der Waals surface area contributed by atoms with E-state index in [4.69, 9.17) is 4.74 Å². The molecule has 1 aromatic carbocycles. The van der Waals surface area contributed by atoms with E-state index in [1.807, 2.05) is 11.9 Å². The summed E-state index contributed by atoms with van der Waals surface area (Å²) in [5, 5.41) is 4.32. The van der Waals surface area contributed by atoms with Crippen molar-refractivity contribution in [1.82, 2.24) is 15.5 Å². The summed E-state index contributed by atoms with van der Waals surface area (Å²) in [5.74, 6) is -1.18. The third kappa shape index (κ3) is 6.76. The number of urea groups is 1. The molecule has 4 amide bonds. The fourth-order valence-electron chi connectivity index (χ4n) is 3.23. The molecule has 8 nitrogen and oxygen atoms in total. The maximum Gasteiger partial charge on any atom is 0.340 e. The number of rotatable bonds is 7. The number of benzene rings is 1. The van der Waals surface area contributed by atoms with Crippen LogP contribution in [0.5, 0.6) is 0 Å². The van der Waals surface area contributed by atoms with Gasteiger partial charge in [-0.3, -0.25) is 14.9 Å². The number of carbonyl (C=O) groups excluding carboxylic acids is 4. The average Bonchev–Trinajstić information content (AvgIpc) is 2.77. The maximum atomic E-state index is 12.6. The van der Waals surface area contributed by atoms with Gasteiger partial charge < -0.3 is 15.0 Å². The summed E-state index contributed by atoms with van der Waals surface area (Å²) >= 11 is 1.27. The van der Waals surface area contributed by atoms with Crippen LogP contribution in [-0.4, -0.2) is 60.7 Å². The lowest BCUT2D eigenvalue weighted by Gasteiger charge is -2.31. The van der Waals surface area contributed by atoms with Crippen molar-refractivity contribution in [3.05, 3.63) is 29.8 Å². The third-order valence-corrected chi connectivity index (χ3v) is 6.15. The maximum absolute atomic E-state index is 12.6. The first kappa shape index (κ1) is 23.7. The van der Waals surface area contributed by atoms with Gasteiger partial charge in [0.25, 0.3) is 5.91 Å². The first-order valence-corrected chi connectivity index (χ1v) is 11.0. The number of hydrogen-bond donors (Lipinski definition) is 2. The number of nitrogens with one attached hydrogen (secondary N) is 2. The summed E-state index contributed by atoms with van der Waals surface area (Å²) in [7, 11) is 3.21. The highest BCUT2D eigenvalue weighted by atomic mass is 32.2. The Hall–Kier alpha value is -2.55. The largest absolute Gasteiger partial charge is 0.449 e. The molecule has 0 aliphatic heterocycles. The molecule has 1 aliphatic carbocycles. The molecular formula is C21H29N3O5S. The highest BCUT2D eigenvalue weighted by molar-refractivity contribution is 8.00. The Morgan fingerprint density at radius 1 is 1.17 bits per heavy atom. The van der Waals surface area contributed by atoms with Crippen LogP contribution in [0.1, 0.15) is 49.4 Å². The molecule has 1 fully saturated rings. The molecule has 0 aromatic heterocycles. The quantitative estimate of drug-likeness (QED) is 0.504. The van der Waals surface area contributed by atoms with E-state index >= 15 is 0 Å². The predicted octanol–water partition coefficient (Wildman–Crippen LogP) is 2.57. The van der Waals surface area contributed by atoms with Gasteiger partial charge in [-0.15, -0.1) is 11.8 Å². The zero-order valence-corrected chi connectivity index (χ0v) is 18.4. The minimum atomic E-state index is -1.15. The number of nitrogens with zero attached hydrogens (tertiary/aromatic N) is 1. The van der Waals surface area contributed by atoms with Gasteiger partial charge in [-0.2, -0.15) is 0 Å². The Bertz CT molecular complexity index is 780. The molecular weight excluding hydrogens is 406 g/mol. The van der Waals surface area contributed by atoms with Crippen molar-refractivity contribution in [2.75, 3.05) is 19.8 Å². The second-order valence-corrected chi connectivity index (χ2v) is 8.21. The minimum Gasteiger partial charge on any atom is -0.449 e. The van der Waals surface area contributed by atoms with Crippen LogP contribution < -0.4 is 10.6 Å². The molecule has 2 N–H and O–H groups in total. The summed E-state index contributed by atoms with van der Waals surface area (Å²) in [6.45, 7) is 1.38. The number of carbonyl (C=O) groups is 4. The van der Waals surface area contributed by atoms with E-state index in [-0.39, 0.29) is 23.3 Å². The summed E-state index contributed by atoms with van der Waals surface area (Å²) < 4.78 is 5.19. The molecule has 1 unspecified atom stereocenters. The molecule has 164 valence electrons. The van der Waals surface area contributed by atoms with E-state index in [1.54, 1.807) is 24.3 Å². The van der Waals surface area contributed by atoms with Crippen molar-refractivity contribution in [2.45, 2.75) is 56.1 Å². The zero-order valence-electron chi connectivity index (χ0n) is 17.6. The van der Waals surface area contributed by atoms with Crippen LogP contribution in [0.2, 0.25) is 0 Å². The molecule has 0 saturated heterocycles. The molecule has 2 rings (SSSR count). The number of imide groups is 1. The van der Waals surface area contributed by atoms with E-state index in [1.165, 1.54) is 32.2 Å². The third-order valence-electron chi connectivity index (χ3n) is 5.09. The van der Waals surface area contributed by atoms with Gasteiger partial charge in [-0.25, -0.2) is 9.59 Å². The SMILES string of the molecule is CNC(=O)NC(=O)C(C)OC(=O)c1ccccc1SCC(=O)N(C)C1CCCCC1. The minimum absolute atomic E-state index is 0.0217. The van der Waals surface area contributed by atoms with Crippen molar-refractivity contribution in [3.8, 4) is 0 Å². The topological polar surface area (TPSA) is 105 Å². The molecule has 30 heavy (non-hydrogen) atoms. The van der Waals surface area contributed by atoms with Crippen LogP contribution in [0.3, 0.4) is 0 Å². The van der Waals surface area contributed by atoms with Gasteiger partial charge in [0.05, 0.1) is 11.3 Å². The second kappa shape index (κ2) is 11.6. The van der Waals surface area contributed by atoms with Gasteiger partial charge in [-0.05, 0) is 31.9 Å². The number of esters is 1. The Labute approximate surface area is 181 Å². The number of amides is 4. The Kier molecular flexibility index (Phi) is 9.16. The molecule has 1 aromatic rings. The molecule has 9 heteroatoms. The van der Waals surface area contributed by atoms with Crippen molar-refractivity contribution >= 4 is 35.6 Å². The Morgan fingerprint density at radius 2 is 1.83 bits per heavy atom. The normalized spacial score (nSPS) is 15.0. The molecule has 0 heterocycles. The lowest BCUT2D eigenvalue weighted by molar-refractivity contribution is -0.129. The standard InChI is InChI=1S/C21H29N3O5S/c1-14(19(26)23-21(28)22-2)29-20(27)16-11-7-8-12-17(16)30-13-18(25)24(3)15-9-5-4-6-10-15/h7-8,11-12,14-15H,4-6,9-10,13H2,1-3H3,(H2,22,23,26,28). The molecule has 1 atom stereocenters. The smallest absolute Gasteiger partial charge is 0.340 e. The van der Waals surface area contributed by atoms with Gasteiger partial charge in [-0.1, -0.05) is 31.4 Å². The van der Waals surface area contributed by atoms with Crippen LogP contribution in [0.4, 0.5) is 4.79 Å². The average molecular weight is 436 g/mol. The zero-order chi connectivity index (χ0) is 22.1. The van der Waals surface area contributed by atoms with Gasteiger partial charge in [0.1, 0.15) is 0 Å². The van der Waals surface area contributed by atoms with Gasteiger partial charge >= 0.3 is 12.0 Å². The van der Waals surface area contributed by atoms with Crippen LogP contribution in [-0.2, 0) is 14.3 Å². The Balaban J connectivity index is 1.96. The number of thioether (sulfide) groups is 1. The lowest BCUT2D eigenvalue weighted by Crippen LogP contribution is -2.43. The molecule has 1 aliphatic rings. The molecule has 1 saturated carbocycles. The summed E-state index contributed by atoms with van der Waals surface area (Å²) in [6.07, 6.45) is 4.44. The van der Waals surface area contributed by atoms with Gasteiger partial charge in [0.15, 0.2) is 6.10 Å². The van der Waals surface area contributed by atoms with Crippen molar-refractivity contribution < 1.29 is 23.9 Å². The number of ether oxygens (including phenoxy) is 1. The van der Waals surface area contributed by atoms with Gasteiger partial charge in [0, 0.05) is 25.0 Å². The molecule has 0 spiro atoms. The van der Waals surface area contributed by atoms with E-state index in [2.05, 4.69) is 10.6 Å².